The molecule has 2 atom stereocenters. The molecule has 1 aromatic heterocycles. The highest BCUT2D eigenvalue weighted by molar-refractivity contribution is 7.99. The molecule has 1 saturated heterocycles. The summed E-state index contributed by atoms with van der Waals surface area (Å²) in [6, 6.07) is 4.25. The van der Waals surface area contributed by atoms with Crippen molar-refractivity contribution in [2.45, 2.75) is 12.0 Å². The maximum absolute atomic E-state index is 13.1. The van der Waals surface area contributed by atoms with Crippen molar-refractivity contribution in [3.05, 3.63) is 34.9 Å². The minimum Gasteiger partial charge on any atom is -0.391 e. The molecular formula is C12H10ClFN2O2S. The van der Waals surface area contributed by atoms with Crippen LogP contribution in [-0.4, -0.2) is 32.9 Å². The van der Waals surface area contributed by atoms with Crippen molar-refractivity contribution >= 4 is 23.4 Å². The number of thioether (sulfide) groups is 1. The Bertz CT molecular complexity index is 607. The predicted octanol–water partition coefficient (Wildman–Crippen LogP) is 2.72. The molecule has 2 unspecified atom stereocenters. The zero-order valence-corrected chi connectivity index (χ0v) is 11.3. The SMILES string of the molecule is OC1CSCC1c1nc(-c2ccc(F)c(Cl)c2)no1. The number of halogens is 2. The van der Waals surface area contributed by atoms with Gasteiger partial charge in [0, 0.05) is 17.1 Å². The molecule has 1 aliphatic heterocycles. The van der Waals surface area contributed by atoms with Crippen LogP contribution in [0.3, 0.4) is 0 Å². The normalized spacial score (nSPS) is 22.9. The number of nitrogens with zero attached hydrogens (tertiary/aromatic N) is 2. The van der Waals surface area contributed by atoms with Crippen LogP contribution < -0.4 is 0 Å². The third kappa shape index (κ3) is 2.48. The number of hydrogen-bond acceptors (Lipinski definition) is 5. The van der Waals surface area contributed by atoms with Crippen LogP contribution in [0.1, 0.15) is 11.8 Å². The highest BCUT2D eigenvalue weighted by atomic mass is 35.5. The molecule has 7 heteroatoms. The summed E-state index contributed by atoms with van der Waals surface area (Å²) in [5, 5.41) is 13.6. The number of rotatable bonds is 2. The molecule has 2 aromatic rings. The molecule has 2 heterocycles. The molecule has 19 heavy (non-hydrogen) atoms. The molecule has 0 radical (unpaired) electrons. The van der Waals surface area contributed by atoms with E-state index in [0.29, 0.717) is 23.0 Å². The van der Waals surface area contributed by atoms with E-state index in [1.807, 2.05) is 0 Å². The van der Waals surface area contributed by atoms with Crippen LogP contribution >= 0.6 is 23.4 Å². The van der Waals surface area contributed by atoms with Crippen molar-refractivity contribution in [2.24, 2.45) is 0 Å². The van der Waals surface area contributed by atoms with E-state index in [2.05, 4.69) is 10.1 Å². The smallest absolute Gasteiger partial charge is 0.233 e. The molecule has 100 valence electrons. The Hall–Kier alpha value is -1.11. The lowest BCUT2D eigenvalue weighted by Crippen LogP contribution is -2.15. The summed E-state index contributed by atoms with van der Waals surface area (Å²) >= 11 is 7.36. The third-order valence-corrected chi connectivity index (χ3v) is 4.45. The van der Waals surface area contributed by atoms with Gasteiger partial charge in [-0.1, -0.05) is 16.8 Å². The van der Waals surface area contributed by atoms with Crippen molar-refractivity contribution in [1.29, 1.82) is 0 Å². The minimum atomic E-state index is -0.489. The summed E-state index contributed by atoms with van der Waals surface area (Å²) in [6.45, 7) is 0. The average molecular weight is 301 g/mol. The van der Waals surface area contributed by atoms with Crippen LogP contribution in [0.2, 0.25) is 5.02 Å². The van der Waals surface area contributed by atoms with Crippen LogP contribution in [-0.2, 0) is 0 Å². The quantitative estimate of drug-likeness (QED) is 0.924. The molecule has 1 N–H and O–H groups in total. The summed E-state index contributed by atoms with van der Waals surface area (Å²) in [6.07, 6.45) is -0.463. The zero-order valence-electron chi connectivity index (χ0n) is 9.72. The predicted molar refractivity (Wildman–Crippen MR) is 70.8 cm³/mol. The Labute approximate surface area is 118 Å². The maximum Gasteiger partial charge on any atom is 0.233 e. The van der Waals surface area contributed by atoms with E-state index in [9.17, 15) is 9.50 Å². The van der Waals surface area contributed by atoms with Gasteiger partial charge in [0.1, 0.15) is 5.82 Å². The van der Waals surface area contributed by atoms with Gasteiger partial charge in [0.15, 0.2) is 0 Å². The van der Waals surface area contributed by atoms with E-state index in [0.717, 1.165) is 5.75 Å². The van der Waals surface area contributed by atoms with Gasteiger partial charge in [0.05, 0.1) is 17.0 Å². The monoisotopic (exact) mass is 300 g/mol. The fourth-order valence-electron chi connectivity index (χ4n) is 1.92. The van der Waals surface area contributed by atoms with Crippen molar-refractivity contribution in [3.63, 3.8) is 0 Å². The van der Waals surface area contributed by atoms with E-state index in [1.165, 1.54) is 18.2 Å². The Kier molecular flexibility index (Phi) is 3.47. The largest absolute Gasteiger partial charge is 0.391 e. The molecule has 1 fully saturated rings. The van der Waals surface area contributed by atoms with Crippen LogP contribution in [0.5, 0.6) is 0 Å². The first-order chi connectivity index (χ1) is 9.15. The molecule has 0 amide bonds. The Balaban J connectivity index is 1.90. The van der Waals surface area contributed by atoms with Gasteiger partial charge in [-0.05, 0) is 18.2 Å². The number of aromatic nitrogens is 2. The highest BCUT2D eigenvalue weighted by Crippen LogP contribution is 2.33. The fourth-order valence-corrected chi connectivity index (χ4v) is 3.33. The number of aliphatic hydroxyl groups excluding tert-OH is 1. The van der Waals surface area contributed by atoms with Gasteiger partial charge in [-0.2, -0.15) is 16.7 Å². The molecular weight excluding hydrogens is 291 g/mol. The van der Waals surface area contributed by atoms with E-state index in [4.69, 9.17) is 16.1 Å². The van der Waals surface area contributed by atoms with Crippen molar-refractivity contribution < 1.29 is 14.0 Å². The standard InChI is InChI=1S/C12H10ClFN2O2S/c13-8-3-6(1-2-9(8)14)11-15-12(18-16-11)7-4-19-5-10(7)17/h1-3,7,10,17H,4-5H2. The van der Waals surface area contributed by atoms with Gasteiger partial charge in [0.25, 0.3) is 0 Å². The Morgan fingerprint density at radius 2 is 2.26 bits per heavy atom. The molecule has 0 spiro atoms. The van der Waals surface area contributed by atoms with Crippen LogP contribution in [0.15, 0.2) is 22.7 Å². The summed E-state index contributed by atoms with van der Waals surface area (Å²) in [5.41, 5.74) is 0.585. The van der Waals surface area contributed by atoms with Gasteiger partial charge >= 0.3 is 0 Å². The van der Waals surface area contributed by atoms with Crippen molar-refractivity contribution in [2.75, 3.05) is 11.5 Å². The van der Waals surface area contributed by atoms with Gasteiger partial charge in [0.2, 0.25) is 11.7 Å². The van der Waals surface area contributed by atoms with E-state index in [1.54, 1.807) is 11.8 Å². The van der Waals surface area contributed by atoms with E-state index < -0.39 is 11.9 Å². The molecule has 0 saturated carbocycles. The molecule has 0 bridgehead atoms. The molecule has 3 rings (SSSR count). The molecule has 1 aliphatic rings. The zero-order chi connectivity index (χ0) is 13.4. The van der Waals surface area contributed by atoms with Crippen LogP contribution in [0.4, 0.5) is 4.39 Å². The maximum atomic E-state index is 13.1. The summed E-state index contributed by atoms with van der Waals surface area (Å²) < 4.78 is 18.3. The lowest BCUT2D eigenvalue weighted by atomic mass is 10.1. The van der Waals surface area contributed by atoms with Gasteiger partial charge in [-0.3, -0.25) is 0 Å². The first kappa shape index (κ1) is 12.9. The summed E-state index contributed by atoms with van der Waals surface area (Å²) in [4.78, 5) is 4.25. The first-order valence-electron chi connectivity index (χ1n) is 5.70. The molecule has 1 aromatic carbocycles. The van der Waals surface area contributed by atoms with Crippen molar-refractivity contribution in [3.8, 4) is 11.4 Å². The Morgan fingerprint density at radius 1 is 1.42 bits per heavy atom. The molecule has 4 nitrogen and oxygen atoms in total. The topological polar surface area (TPSA) is 59.2 Å². The van der Waals surface area contributed by atoms with Gasteiger partial charge in [-0.25, -0.2) is 4.39 Å². The van der Waals surface area contributed by atoms with E-state index in [-0.39, 0.29) is 10.9 Å². The van der Waals surface area contributed by atoms with Gasteiger partial charge < -0.3 is 9.63 Å². The lowest BCUT2D eigenvalue weighted by Gasteiger charge is -2.06. The third-order valence-electron chi connectivity index (χ3n) is 2.99. The second-order valence-corrected chi connectivity index (χ2v) is 5.78. The Morgan fingerprint density at radius 3 is 2.95 bits per heavy atom. The first-order valence-corrected chi connectivity index (χ1v) is 7.23. The number of aliphatic hydroxyl groups is 1. The number of hydrogen-bond donors (Lipinski definition) is 1. The van der Waals surface area contributed by atoms with Crippen LogP contribution in [0.25, 0.3) is 11.4 Å². The lowest BCUT2D eigenvalue weighted by molar-refractivity contribution is 0.164. The second-order valence-electron chi connectivity index (χ2n) is 4.30. The van der Waals surface area contributed by atoms with E-state index >= 15 is 0 Å². The summed E-state index contributed by atoms with van der Waals surface area (Å²) in [7, 11) is 0. The number of benzene rings is 1. The van der Waals surface area contributed by atoms with Crippen LogP contribution in [0, 0.1) is 5.82 Å². The minimum absolute atomic E-state index is 0.0142. The fraction of sp³-hybridized carbons (Fsp3) is 0.333. The summed E-state index contributed by atoms with van der Waals surface area (Å²) in [5.74, 6) is 1.56. The second kappa shape index (κ2) is 5.11. The average Bonchev–Trinajstić information content (AvgIpc) is 3.01. The molecule has 0 aliphatic carbocycles. The van der Waals surface area contributed by atoms with Gasteiger partial charge in [-0.15, -0.1) is 0 Å². The highest BCUT2D eigenvalue weighted by Gasteiger charge is 2.32. The van der Waals surface area contributed by atoms with Crippen molar-refractivity contribution in [1.82, 2.24) is 10.1 Å².